The normalized spacial score (nSPS) is 12.1. The second-order valence-electron chi connectivity index (χ2n) is 8.05. The van der Waals surface area contributed by atoms with Crippen molar-refractivity contribution in [3.8, 4) is 11.5 Å². The fourth-order valence-electron chi connectivity index (χ4n) is 3.58. The smallest absolute Gasteiger partial charge is 0.254 e. The van der Waals surface area contributed by atoms with Crippen molar-refractivity contribution in [3.05, 3.63) is 82.2 Å². The van der Waals surface area contributed by atoms with Crippen molar-refractivity contribution < 1.29 is 23.5 Å². The van der Waals surface area contributed by atoms with Gasteiger partial charge < -0.3 is 23.7 Å². The molecule has 0 radical (unpaired) electrons. The van der Waals surface area contributed by atoms with Crippen LogP contribution < -0.4 is 9.47 Å². The summed E-state index contributed by atoms with van der Waals surface area (Å²) in [6.45, 7) is 4.58. The lowest BCUT2D eigenvalue weighted by atomic mass is 10.1. The van der Waals surface area contributed by atoms with Gasteiger partial charge in [-0.2, -0.15) is 0 Å². The molecule has 1 aliphatic rings. The molecule has 2 heterocycles. The molecule has 0 aliphatic carbocycles. The Labute approximate surface area is 201 Å². The number of fused-ring (bicyclic) bond motifs is 1. The lowest BCUT2D eigenvalue weighted by molar-refractivity contribution is -0.133. The number of furan rings is 1. The average Bonchev–Trinajstić information content (AvgIpc) is 3.48. The Morgan fingerprint density at radius 2 is 1.76 bits per heavy atom. The van der Waals surface area contributed by atoms with Gasteiger partial charge in [-0.15, -0.1) is 0 Å². The van der Waals surface area contributed by atoms with Gasteiger partial charge in [-0.25, -0.2) is 0 Å². The predicted octanol–water partition coefficient (Wildman–Crippen LogP) is 4.85. The van der Waals surface area contributed by atoms with E-state index in [9.17, 15) is 9.59 Å². The lowest BCUT2D eigenvalue weighted by Crippen LogP contribution is -2.45. The summed E-state index contributed by atoms with van der Waals surface area (Å²) in [5.74, 6) is 1.65. The van der Waals surface area contributed by atoms with Gasteiger partial charge in [-0.3, -0.25) is 9.59 Å². The van der Waals surface area contributed by atoms with Crippen LogP contribution in [0.2, 0.25) is 0 Å². The second kappa shape index (κ2) is 10.1. The van der Waals surface area contributed by atoms with Crippen LogP contribution in [0.4, 0.5) is 0 Å². The maximum atomic E-state index is 13.4. The number of rotatable bonds is 8. The Balaban J connectivity index is 1.54. The molecule has 172 valence electrons. The summed E-state index contributed by atoms with van der Waals surface area (Å²) in [6, 6.07) is 16.2. The Morgan fingerprint density at radius 3 is 2.45 bits per heavy atom. The maximum absolute atomic E-state index is 13.4. The third-order valence-electron chi connectivity index (χ3n) is 5.37. The highest BCUT2D eigenvalue weighted by Gasteiger charge is 2.26. The summed E-state index contributed by atoms with van der Waals surface area (Å²) in [4.78, 5) is 29.9. The van der Waals surface area contributed by atoms with Crippen molar-refractivity contribution in [2.45, 2.75) is 33.0 Å². The molecule has 1 aromatic heterocycles. The third kappa shape index (κ3) is 5.57. The van der Waals surface area contributed by atoms with Gasteiger partial charge in [-0.1, -0.05) is 22.0 Å². The first-order valence-electron chi connectivity index (χ1n) is 10.7. The topological polar surface area (TPSA) is 72.2 Å². The summed E-state index contributed by atoms with van der Waals surface area (Å²) in [6.07, 6.45) is 1.58. The van der Waals surface area contributed by atoms with E-state index in [2.05, 4.69) is 15.9 Å². The van der Waals surface area contributed by atoms with E-state index in [1.165, 1.54) is 0 Å². The van der Waals surface area contributed by atoms with E-state index in [4.69, 9.17) is 13.9 Å². The van der Waals surface area contributed by atoms with Gasteiger partial charge in [0.2, 0.25) is 12.7 Å². The summed E-state index contributed by atoms with van der Waals surface area (Å²) < 4.78 is 17.2. The van der Waals surface area contributed by atoms with E-state index in [-0.39, 0.29) is 31.2 Å². The van der Waals surface area contributed by atoms with E-state index in [1.807, 2.05) is 50.2 Å². The van der Waals surface area contributed by atoms with Gasteiger partial charge >= 0.3 is 0 Å². The highest BCUT2D eigenvalue weighted by atomic mass is 79.9. The van der Waals surface area contributed by atoms with Gasteiger partial charge in [0.05, 0.1) is 12.8 Å². The molecular weight excluding hydrogens is 488 g/mol. The molecule has 8 heteroatoms. The van der Waals surface area contributed by atoms with E-state index in [0.29, 0.717) is 35.9 Å². The van der Waals surface area contributed by atoms with Crippen LogP contribution in [0.1, 0.15) is 35.5 Å². The third-order valence-corrected chi connectivity index (χ3v) is 5.90. The molecule has 0 bridgehead atoms. The number of carbonyl (C=O) groups excluding carboxylic acids is 2. The first kappa shape index (κ1) is 22.9. The van der Waals surface area contributed by atoms with E-state index >= 15 is 0 Å². The number of benzene rings is 2. The Kier molecular flexibility index (Phi) is 7.03. The van der Waals surface area contributed by atoms with Gasteiger partial charge in [0, 0.05) is 22.6 Å². The van der Waals surface area contributed by atoms with Crippen molar-refractivity contribution in [2.75, 3.05) is 13.3 Å². The van der Waals surface area contributed by atoms with Crippen LogP contribution in [-0.2, 0) is 17.9 Å². The monoisotopic (exact) mass is 512 g/mol. The molecule has 1 aliphatic heterocycles. The number of nitrogens with zero attached hydrogens (tertiary/aromatic N) is 2. The molecule has 0 N–H and O–H groups in total. The molecule has 4 rings (SSSR count). The summed E-state index contributed by atoms with van der Waals surface area (Å²) in [5, 5.41) is 0. The molecule has 0 spiro atoms. The van der Waals surface area contributed by atoms with Crippen molar-refractivity contribution in [1.29, 1.82) is 0 Å². The van der Waals surface area contributed by atoms with Crippen LogP contribution in [0.25, 0.3) is 0 Å². The summed E-state index contributed by atoms with van der Waals surface area (Å²) in [5.41, 5.74) is 1.43. The highest BCUT2D eigenvalue weighted by Crippen LogP contribution is 2.33. The molecule has 0 atom stereocenters. The van der Waals surface area contributed by atoms with Gasteiger partial charge in [0.1, 0.15) is 12.3 Å². The fourth-order valence-corrected chi connectivity index (χ4v) is 3.84. The first-order valence-corrected chi connectivity index (χ1v) is 11.4. The molecule has 2 aromatic carbocycles. The zero-order chi connectivity index (χ0) is 23.4. The molecule has 3 aromatic rings. The Bertz CT molecular complexity index is 1110. The molecule has 0 unspecified atom stereocenters. The first-order chi connectivity index (χ1) is 15.9. The molecular formula is C25H25BrN2O5. The van der Waals surface area contributed by atoms with Crippen molar-refractivity contribution >= 4 is 27.7 Å². The molecule has 0 fully saturated rings. The SMILES string of the molecule is CC(C)N(CC(=O)N(Cc1ccc2c(c1)OCO2)Cc1ccco1)C(=O)c1ccc(Br)cc1. The van der Waals surface area contributed by atoms with E-state index < -0.39 is 0 Å². The zero-order valence-corrected chi connectivity index (χ0v) is 20.1. The summed E-state index contributed by atoms with van der Waals surface area (Å²) >= 11 is 3.39. The number of hydrogen-bond donors (Lipinski definition) is 0. The minimum absolute atomic E-state index is 0.0438. The van der Waals surface area contributed by atoms with Gasteiger partial charge in [0.25, 0.3) is 5.91 Å². The van der Waals surface area contributed by atoms with Crippen LogP contribution in [-0.4, -0.2) is 41.0 Å². The molecule has 0 saturated carbocycles. The van der Waals surface area contributed by atoms with Crippen molar-refractivity contribution in [3.63, 3.8) is 0 Å². The van der Waals surface area contributed by atoms with E-state index in [0.717, 1.165) is 10.0 Å². The molecule has 33 heavy (non-hydrogen) atoms. The standard InChI is InChI=1S/C25H25BrN2O5/c1-17(2)28(25(30)19-6-8-20(26)9-7-19)15-24(29)27(14-21-4-3-11-31-21)13-18-5-10-22-23(12-18)33-16-32-22/h3-12,17H,13-16H2,1-2H3. The van der Waals surface area contributed by atoms with Gasteiger partial charge in [0.15, 0.2) is 11.5 Å². The van der Waals surface area contributed by atoms with Crippen LogP contribution in [0.5, 0.6) is 11.5 Å². The quantitative estimate of drug-likeness (QED) is 0.431. The maximum Gasteiger partial charge on any atom is 0.254 e. The molecule has 2 amide bonds. The van der Waals surface area contributed by atoms with Crippen molar-refractivity contribution in [1.82, 2.24) is 9.80 Å². The molecule has 7 nitrogen and oxygen atoms in total. The van der Waals surface area contributed by atoms with Crippen molar-refractivity contribution in [2.24, 2.45) is 0 Å². The Morgan fingerprint density at radius 1 is 1.00 bits per heavy atom. The average molecular weight is 513 g/mol. The summed E-state index contributed by atoms with van der Waals surface area (Å²) in [7, 11) is 0. The largest absolute Gasteiger partial charge is 0.467 e. The number of hydrogen-bond acceptors (Lipinski definition) is 5. The van der Waals surface area contributed by atoms with Gasteiger partial charge in [-0.05, 0) is 67.9 Å². The minimum Gasteiger partial charge on any atom is -0.467 e. The highest BCUT2D eigenvalue weighted by molar-refractivity contribution is 9.10. The lowest BCUT2D eigenvalue weighted by Gasteiger charge is -2.30. The second-order valence-corrected chi connectivity index (χ2v) is 8.97. The zero-order valence-electron chi connectivity index (χ0n) is 18.5. The van der Waals surface area contributed by atoms with E-state index in [1.54, 1.807) is 34.3 Å². The van der Waals surface area contributed by atoms with Crippen LogP contribution in [0.15, 0.2) is 69.8 Å². The van der Waals surface area contributed by atoms with Crippen LogP contribution in [0, 0.1) is 0 Å². The van der Waals surface area contributed by atoms with Crippen LogP contribution >= 0.6 is 15.9 Å². The number of amides is 2. The molecule has 0 saturated heterocycles. The fraction of sp³-hybridized carbons (Fsp3) is 0.280. The predicted molar refractivity (Wildman–Crippen MR) is 126 cm³/mol. The Hall–Kier alpha value is -3.26. The number of ether oxygens (including phenoxy) is 2. The number of carbonyl (C=O) groups is 2. The minimum atomic E-state index is -0.188. The number of halogens is 1. The van der Waals surface area contributed by atoms with Crippen LogP contribution in [0.3, 0.4) is 0 Å².